The highest BCUT2D eigenvalue weighted by molar-refractivity contribution is 5.78. The second-order valence-corrected chi connectivity index (χ2v) is 8.06. The highest BCUT2D eigenvalue weighted by atomic mass is 19.2. The third kappa shape index (κ3) is 3.38. The average molecular weight is 378 g/mol. The van der Waals surface area contributed by atoms with Gasteiger partial charge in [-0.3, -0.25) is 9.69 Å². The Morgan fingerprint density at radius 2 is 2.00 bits per heavy atom. The van der Waals surface area contributed by atoms with Gasteiger partial charge in [0.25, 0.3) is 0 Å². The van der Waals surface area contributed by atoms with E-state index in [2.05, 4.69) is 11.8 Å². The standard InChI is InChI=1S/C21H28F2N2O2/c1-2-3-11-27-13-18(26)25-12-16(15-5-4-6-17(22)19(15)23)21-20(25)14-7-9-24(21)10-8-14/h4-6,14,16,20-21H,2-3,7-13H2,1H3/t16-,20+,21+/m1/s1. The molecule has 27 heavy (non-hydrogen) atoms. The van der Waals surface area contributed by atoms with E-state index in [9.17, 15) is 13.6 Å². The summed E-state index contributed by atoms with van der Waals surface area (Å²) in [4.78, 5) is 17.2. The summed E-state index contributed by atoms with van der Waals surface area (Å²) >= 11 is 0. The molecular formula is C21H28F2N2O2. The fourth-order valence-electron chi connectivity index (χ4n) is 5.27. The summed E-state index contributed by atoms with van der Waals surface area (Å²) in [6.07, 6.45) is 4.10. The van der Waals surface area contributed by atoms with Gasteiger partial charge >= 0.3 is 0 Å². The zero-order chi connectivity index (χ0) is 19.0. The minimum Gasteiger partial charge on any atom is -0.372 e. The van der Waals surface area contributed by atoms with Crippen LogP contribution < -0.4 is 0 Å². The number of hydrogen-bond donors (Lipinski definition) is 0. The van der Waals surface area contributed by atoms with Crippen LogP contribution in [0.5, 0.6) is 0 Å². The van der Waals surface area contributed by atoms with Gasteiger partial charge in [0, 0.05) is 25.1 Å². The van der Waals surface area contributed by atoms with E-state index in [1.165, 1.54) is 0 Å². The zero-order valence-electron chi connectivity index (χ0n) is 15.9. The van der Waals surface area contributed by atoms with E-state index in [-0.39, 0.29) is 30.5 Å². The van der Waals surface area contributed by atoms with Crippen molar-refractivity contribution in [3.63, 3.8) is 0 Å². The number of likely N-dealkylation sites (tertiary alicyclic amines) is 1. The van der Waals surface area contributed by atoms with Gasteiger partial charge in [0.1, 0.15) is 6.61 Å². The number of ether oxygens (including phenoxy) is 1. The minimum absolute atomic E-state index is 0.0193. The van der Waals surface area contributed by atoms with Crippen LogP contribution in [0.25, 0.3) is 0 Å². The molecule has 4 aliphatic heterocycles. The summed E-state index contributed by atoms with van der Waals surface area (Å²) < 4.78 is 34.0. The number of benzene rings is 1. The van der Waals surface area contributed by atoms with E-state index >= 15 is 0 Å². The summed E-state index contributed by atoms with van der Waals surface area (Å²) in [5, 5.41) is 0. The van der Waals surface area contributed by atoms with Crippen molar-refractivity contribution in [3.05, 3.63) is 35.4 Å². The number of rotatable bonds is 6. The molecule has 0 unspecified atom stereocenters. The molecule has 148 valence electrons. The molecule has 0 radical (unpaired) electrons. The fourth-order valence-corrected chi connectivity index (χ4v) is 5.27. The highest BCUT2D eigenvalue weighted by Gasteiger charge is 2.55. The quantitative estimate of drug-likeness (QED) is 0.713. The molecular weight excluding hydrogens is 350 g/mol. The molecule has 0 aromatic heterocycles. The lowest BCUT2D eigenvalue weighted by Gasteiger charge is -2.51. The molecule has 3 atom stereocenters. The molecule has 4 aliphatic rings. The lowest BCUT2D eigenvalue weighted by molar-refractivity contribution is -0.140. The zero-order valence-corrected chi connectivity index (χ0v) is 15.9. The van der Waals surface area contributed by atoms with Crippen molar-refractivity contribution in [3.8, 4) is 0 Å². The summed E-state index contributed by atoms with van der Waals surface area (Å²) in [5.74, 6) is -1.34. The van der Waals surface area contributed by atoms with Gasteiger partial charge in [0.2, 0.25) is 5.91 Å². The number of fused-ring (bicyclic) bond motifs is 2. The van der Waals surface area contributed by atoms with Crippen LogP contribution in [0.1, 0.15) is 44.1 Å². The molecule has 4 heterocycles. The molecule has 6 heteroatoms. The first-order chi connectivity index (χ1) is 13.1. The molecule has 1 amide bonds. The van der Waals surface area contributed by atoms with Crippen LogP contribution in [-0.2, 0) is 9.53 Å². The average Bonchev–Trinajstić information content (AvgIpc) is 3.11. The summed E-state index contributed by atoms with van der Waals surface area (Å²) in [6.45, 7) is 5.15. The van der Waals surface area contributed by atoms with E-state index in [1.807, 2.05) is 4.90 Å². The Balaban J connectivity index is 1.58. The molecule has 2 bridgehead atoms. The molecule has 5 rings (SSSR count). The third-order valence-corrected chi connectivity index (χ3v) is 6.56. The van der Waals surface area contributed by atoms with Crippen LogP contribution in [0.3, 0.4) is 0 Å². The summed E-state index contributed by atoms with van der Waals surface area (Å²) in [5.41, 5.74) is 0.403. The van der Waals surface area contributed by atoms with Crippen LogP contribution in [0.2, 0.25) is 0 Å². The van der Waals surface area contributed by atoms with Gasteiger partial charge in [0.15, 0.2) is 11.6 Å². The van der Waals surface area contributed by atoms with E-state index in [1.54, 1.807) is 12.1 Å². The predicted molar refractivity (Wildman–Crippen MR) is 98.4 cm³/mol. The molecule has 0 aliphatic carbocycles. The number of unbranched alkanes of at least 4 members (excludes halogenated alkanes) is 1. The van der Waals surface area contributed by atoms with Crippen molar-refractivity contribution in [2.24, 2.45) is 5.92 Å². The molecule has 4 saturated heterocycles. The van der Waals surface area contributed by atoms with Gasteiger partial charge < -0.3 is 9.64 Å². The Bertz CT molecular complexity index is 691. The maximum Gasteiger partial charge on any atom is 0.248 e. The predicted octanol–water partition coefficient (Wildman–Crippen LogP) is 3.17. The smallest absolute Gasteiger partial charge is 0.248 e. The van der Waals surface area contributed by atoms with Crippen molar-refractivity contribution in [2.75, 3.05) is 32.8 Å². The molecule has 0 N–H and O–H groups in total. The number of carbonyl (C=O) groups excluding carboxylic acids is 1. The lowest BCUT2D eigenvalue weighted by Crippen LogP contribution is -2.61. The molecule has 4 nitrogen and oxygen atoms in total. The third-order valence-electron chi connectivity index (χ3n) is 6.56. The number of nitrogens with zero attached hydrogens (tertiary/aromatic N) is 2. The normalized spacial score (nSPS) is 32.0. The molecule has 1 aromatic rings. The molecule has 0 spiro atoms. The van der Waals surface area contributed by atoms with Crippen molar-refractivity contribution >= 4 is 5.91 Å². The Morgan fingerprint density at radius 3 is 2.74 bits per heavy atom. The second-order valence-electron chi connectivity index (χ2n) is 8.06. The van der Waals surface area contributed by atoms with Crippen LogP contribution in [0.4, 0.5) is 8.78 Å². The second kappa shape index (κ2) is 7.84. The first-order valence-corrected chi connectivity index (χ1v) is 10.2. The van der Waals surface area contributed by atoms with Crippen LogP contribution in [0, 0.1) is 17.6 Å². The van der Waals surface area contributed by atoms with E-state index in [4.69, 9.17) is 4.74 Å². The molecule has 4 fully saturated rings. The number of carbonyl (C=O) groups is 1. The van der Waals surface area contributed by atoms with Gasteiger partial charge in [-0.1, -0.05) is 25.5 Å². The van der Waals surface area contributed by atoms with Crippen molar-refractivity contribution in [2.45, 2.75) is 50.6 Å². The highest BCUT2D eigenvalue weighted by Crippen LogP contribution is 2.47. The van der Waals surface area contributed by atoms with Crippen molar-refractivity contribution in [1.29, 1.82) is 0 Å². The summed E-state index contributed by atoms with van der Waals surface area (Å²) in [6, 6.07) is 4.56. The Morgan fingerprint density at radius 1 is 1.22 bits per heavy atom. The molecule has 1 aromatic carbocycles. The number of amides is 1. The maximum absolute atomic E-state index is 14.5. The maximum atomic E-state index is 14.5. The van der Waals surface area contributed by atoms with E-state index < -0.39 is 11.6 Å². The van der Waals surface area contributed by atoms with Gasteiger partial charge in [-0.05, 0) is 49.9 Å². The van der Waals surface area contributed by atoms with Crippen LogP contribution >= 0.6 is 0 Å². The number of halogens is 2. The van der Waals surface area contributed by atoms with Crippen molar-refractivity contribution in [1.82, 2.24) is 9.80 Å². The first-order valence-electron chi connectivity index (χ1n) is 10.2. The number of hydrogen-bond acceptors (Lipinski definition) is 3. The van der Waals surface area contributed by atoms with Gasteiger partial charge in [-0.25, -0.2) is 8.78 Å². The van der Waals surface area contributed by atoms with Crippen LogP contribution in [0.15, 0.2) is 18.2 Å². The lowest BCUT2D eigenvalue weighted by atomic mass is 9.75. The number of piperidine rings is 3. The Kier molecular flexibility index (Phi) is 5.46. The van der Waals surface area contributed by atoms with Gasteiger partial charge in [0.05, 0.1) is 6.04 Å². The molecule has 0 saturated carbocycles. The Hall–Kier alpha value is -1.53. The van der Waals surface area contributed by atoms with E-state index in [0.717, 1.165) is 44.8 Å². The monoisotopic (exact) mass is 378 g/mol. The van der Waals surface area contributed by atoms with Crippen LogP contribution in [-0.4, -0.2) is 60.6 Å². The fraction of sp³-hybridized carbons (Fsp3) is 0.667. The topological polar surface area (TPSA) is 32.8 Å². The Labute approximate surface area is 159 Å². The minimum atomic E-state index is -0.812. The first kappa shape index (κ1) is 18.8. The van der Waals surface area contributed by atoms with Gasteiger partial charge in [-0.2, -0.15) is 0 Å². The van der Waals surface area contributed by atoms with Gasteiger partial charge in [-0.15, -0.1) is 0 Å². The summed E-state index contributed by atoms with van der Waals surface area (Å²) in [7, 11) is 0. The SMILES string of the molecule is CCCCOCC(=O)N1C[C@H](c2cccc(F)c2F)[C@H]2[C@@H]1C1CCN2CC1. The largest absolute Gasteiger partial charge is 0.372 e. The van der Waals surface area contributed by atoms with Crippen molar-refractivity contribution < 1.29 is 18.3 Å². The van der Waals surface area contributed by atoms with E-state index in [0.29, 0.717) is 24.6 Å².